The van der Waals surface area contributed by atoms with Gasteiger partial charge in [-0.2, -0.15) is 0 Å². The summed E-state index contributed by atoms with van der Waals surface area (Å²) in [7, 11) is -3.40. The summed E-state index contributed by atoms with van der Waals surface area (Å²) in [6.07, 6.45) is 4.71. The Labute approximate surface area is 149 Å². The van der Waals surface area contributed by atoms with E-state index in [1.807, 2.05) is 6.07 Å². The van der Waals surface area contributed by atoms with Gasteiger partial charge >= 0.3 is 0 Å². The third-order valence-electron chi connectivity index (χ3n) is 4.91. The van der Waals surface area contributed by atoms with Crippen molar-refractivity contribution in [2.45, 2.75) is 49.5 Å². The molecule has 1 amide bonds. The van der Waals surface area contributed by atoms with Crippen LogP contribution < -0.4 is 5.73 Å². The number of hydrogen-bond donors (Lipinski definition) is 1. The van der Waals surface area contributed by atoms with E-state index >= 15 is 0 Å². The fraction of sp³-hybridized carbons (Fsp3) is 0.588. The number of carbonyl (C=O) groups is 1. The molecule has 0 atom stereocenters. The molecular formula is C17H25ClN2O3S. The first-order valence-corrected chi connectivity index (χ1v) is 9.99. The third kappa shape index (κ3) is 4.29. The summed E-state index contributed by atoms with van der Waals surface area (Å²) in [5, 5.41) is 0. The van der Waals surface area contributed by atoms with E-state index in [-0.39, 0.29) is 36.5 Å². The smallest absolute Gasteiger partial charge is 0.223 e. The maximum Gasteiger partial charge on any atom is 0.223 e. The lowest BCUT2D eigenvalue weighted by Crippen LogP contribution is -2.43. The molecule has 2 aliphatic rings. The van der Waals surface area contributed by atoms with E-state index in [1.165, 1.54) is 5.56 Å². The maximum atomic E-state index is 12.5. The Morgan fingerprint density at radius 1 is 1.17 bits per heavy atom. The number of rotatable bonds is 4. The molecule has 2 N–H and O–H groups in total. The summed E-state index contributed by atoms with van der Waals surface area (Å²) in [5.41, 5.74) is 8.22. The molecule has 0 spiro atoms. The molecule has 1 saturated heterocycles. The van der Waals surface area contributed by atoms with Crippen LogP contribution in [0.5, 0.6) is 0 Å². The van der Waals surface area contributed by atoms with Gasteiger partial charge in [-0.05, 0) is 55.4 Å². The molecule has 3 rings (SSSR count). The zero-order chi connectivity index (χ0) is 16.4. The number of benzene rings is 1. The van der Waals surface area contributed by atoms with Crippen LogP contribution in [0.3, 0.4) is 0 Å². The molecule has 0 aromatic heterocycles. The van der Waals surface area contributed by atoms with Crippen molar-refractivity contribution in [3.63, 3.8) is 0 Å². The summed E-state index contributed by atoms with van der Waals surface area (Å²) in [4.78, 5) is 14.3. The van der Waals surface area contributed by atoms with Crippen molar-refractivity contribution in [3.05, 3.63) is 29.3 Å². The monoisotopic (exact) mass is 372 g/mol. The second-order valence-corrected chi connectivity index (χ2v) is 8.68. The summed E-state index contributed by atoms with van der Waals surface area (Å²) >= 11 is 0. The van der Waals surface area contributed by atoms with Gasteiger partial charge in [-0.25, -0.2) is 8.42 Å². The van der Waals surface area contributed by atoms with Gasteiger partial charge in [0.25, 0.3) is 0 Å². The molecular weight excluding hydrogens is 348 g/mol. The molecule has 0 radical (unpaired) electrons. The minimum absolute atomic E-state index is 0. The molecule has 1 aliphatic heterocycles. The van der Waals surface area contributed by atoms with E-state index in [0.29, 0.717) is 18.0 Å². The van der Waals surface area contributed by atoms with Crippen molar-refractivity contribution in [2.24, 2.45) is 5.73 Å². The van der Waals surface area contributed by atoms with Crippen LogP contribution in [0.1, 0.15) is 36.8 Å². The molecule has 1 heterocycles. The van der Waals surface area contributed by atoms with Gasteiger partial charge in [-0.15, -0.1) is 12.4 Å². The van der Waals surface area contributed by atoms with Crippen molar-refractivity contribution in [1.82, 2.24) is 4.90 Å². The standard InChI is InChI=1S/C17H24N2O3S.ClH/c18-15-6-9-19(10-7-15)17(20)8-11-23(21,22)16-5-4-13-2-1-3-14(13)12-16;/h4-5,12,15H,1-3,6-11,18H2;1H. The molecule has 1 aromatic rings. The number of piperidine rings is 1. The molecule has 1 aromatic carbocycles. The average molecular weight is 373 g/mol. The first-order chi connectivity index (χ1) is 11.0. The first kappa shape index (κ1) is 19.2. The number of likely N-dealkylation sites (tertiary alicyclic amines) is 1. The summed E-state index contributed by atoms with van der Waals surface area (Å²) in [5.74, 6) is -0.200. The van der Waals surface area contributed by atoms with Crippen molar-refractivity contribution >= 4 is 28.2 Å². The molecule has 0 saturated carbocycles. The zero-order valence-electron chi connectivity index (χ0n) is 13.7. The van der Waals surface area contributed by atoms with Gasteiger partial charge in [-0.1, -0.05) is 6.07 Å². The quantitative estimate of drug-likeness (QED) is 0.872. The number of aryl methyl sites for hydroxylation is 2. The molecule has 5 nitrogen and oxygen atoms in total. The highest BCUT2D eigenvalue weighted by atomic mass is 35.5. The first-order valence-electron chi connectivity index (χ1n) is 8.33. The summed E-state index contributed by atoms with van der Waals surface area (Å²) < 4.78 is 25.0. The lowest BCUT2D eigenvalue weighted by Gasteiger charge is -2.30. The average Bonchev–Trinajstić information content (AvgIpc) is 3.01. The van der Waals surface area contributed by atoms with Gasteiger partial charge < -0.3 is 10.6 Å². The van der Waals surface area contributed by atoms with Gasteiger partial charge in [0.15, 0.2) is 9.84 Å². The van der Waals surface area contributed by atoms with Crippen LogP contribution in [0.25, 0.3) is 0 Å². The molecule has 0 unspecified atom stereocenters. The highest BCUT2D eigenvalue weighted by Gasteiger charge is 2.24. The number of halogens is 1. The SMILES string of the molecule is Cl.NC1CCN(C(=O)CCS(=O)(=O)c2ccc3c(c2)CCC3)CC1. The van der Waals surface area contributed by atoms with Crippen LogP contribution in [0.15, 0.2) is 23.1 Å². The van der Waals surface area contributed by atoms with Crippen LogP contribution in [-0.2, 0) is 27.5 Å². The lowest BCUT2D eigenvalue weighted by atomic mass is 10.1. The lowest BCUT2D eigenvalue weighted by molar-refractivity contribution is -0.131. The predicted molar refractivity (Wildman–Crippen MR) is 96.2 cm³/mol. The Hall–Kier alpha value is -1.11. The van der Waals surface area contributed by atoms with Crippen LogP contribution in [0, 0.1) is 0 Å². The highest BCUT2D eigenvalue weighted by Crippen LogP contribution is 2.25. The second kappa shape index (κ2) is 7.85. The summed E-state index contributed by atoms with van der Waals surface area (Å²) in [6, 6.07) is 5.56. The van der Waals surface area contributed by atoms with Crippen LogP contribution in [0.2, 0.25) is 0 Å². The predicted octanol–water partition coefficient (Wildman–Crippen LogP) is 1.71. The largest absolute Gasteiger partial charge is 0.343 e. The van der Waals surface area contributed by atoms with Crippen molar-refractivity contribution < 1.29 is 13.2 Å². The van der Waals surface area contributed by atoms with Gasteiger partial charge in [0, 0.05) is 25.6 Å². The number of nitrogens with two attached hydrogens (primary N) is 1. The molecule has 134 valence electrons. The van der Waals surface area contributed by atoms with Crippen molar-refractivity contribution in [1.29, 1.82) is 0 Å². The van der Waals surface area contributed by atoms with Crippen molar-refractivity contribution in [2.75, 3.05) is 18.8 Å². The third-order valence-corrected chi connectivity index (χ3v) is 6.62. The van der Waals surface area contributed by atoms with Gasteiger partial charge in [0.2, 0.25) is 5.91 Å². The molecule has 7 heteroatoms. The van der Waals surface area contributed by atoms with Crippen LogP contribution >= 0.6 is 12.4 Å². The van der Waals surface area contributed by atoms with Crippen LogP contribution in [-0.4, -0.2) is 44.1 Å². The number of hydrogen-bond acceptors (Lipinski definition) is 4. The van der Waals surface area contributed by atoms with Gasteiger partial charge in [-0.3, -0.25) is 4.79 Å². The van der Waals surface area contributed by atoms with Crippen molar-refractivity contribution in [3.8, 4) is 0 Å². The second-order valence-electron chi connectivity index (χ2n) is 6.57. The minimum Gasteiger partial charge on any atom is -0.343 e. The Balaban J connectivity index is 0.00000208. The topological polar surface area (TPSA) is 80.5 Å². The summed E-state index contributed by atoms with van der Waals surface area (Å²) in [6.45, 7) is 1.28. The fourth-order valence-electron chi connectivity index (χ4n) is 3.39. The maximum absolute atomic E-state index is 12.5. The van der Waals surface area contributed by atoms with E-state index in [0.717, 1.165) is 37.7 Å². The molecule has 1 fully saturated rings. The highest BCUT2D eigenvalue weighted by molar-refractivity contribution is 7.91. The Morgan fingerprint density at radius 2 is 1.83 bits per heavy atom. The Kier molecular flexibility index (Phi) is 6.28. The number of sulfone groups is 1. The number of fused-ring (bicyclic) bond motifs is 1. The van der Waals surface area contributed by atoms with E-state index in [2.05, 4.69) is 0 Å². The molecule has 1 aliphatic carbocycles. The van der Waals surface area contributed by atoms with E-state index < -0.39 is 9.84 Å². The normalized spacial score (nSPS) is 18.1. The zero-order valence-corrected chi connectivity index (χ0v) is 15.4. The van der Waals surface area contributed by atoms with E-state index in [4.69, 9.17) is 5.73 Å². The fourth-order valence-corrected chi connectivity index (χ4v) is 4.66. The van der Waals surface area contributed by atoms with E-state index in [9.17, 15) is 13.2 Å². The number of carbonyl (C=O) groups excluding carboxylic acids is 1. The van der Waals surface area contributed by atoms with Gasteiger partial charge in [0.05, 0.1) is 10.6 Å². The van der Waals surface area contributed by atoms with E-state index in [1.54, 1.807) is 17.0 Å². The molecule has 0 bridgehead atoms. The van der Waals surface area contributed by atoms with Crippen LogP contribution in [0.4, 0.5) is 0 Å². The number of amides is 1. The van der Waals surface area contributed by atoms with Gasteiger partial charge in [0.1, 0.15) is 0 Å². The Bertz CT molecular complexity index is 698. The minimum atomic E-state index is -3.40. The number of nitrogens with zero attached hydrogens (tertiary/aromatic N) is 1. The molecule has 24 heavy (non-hydrogen) atoms. The Morgan fingerprint density at radius 3 is 2.54 bits per heavy atom.